The van der Waals surface area contributed by atoms with E-state index in [4.69, 9.17) is 4.42 Å². The normalized spacial score (nSPS) is 11.2. The van der Waals surface area contributed by atoms with E-state index in [1.807, 2.05) is 0 Å². The van der Waals surface area contributed by atoms with Crippen molar-refractivity contribution < 1.29 is 4.42 Å². The zero-order valence-corrected chi connectivity index (χ0v) is 12.5. The molecule has 0 bridgehead atoms. The molecule has 1 heterocycles. The van der Waals surface area contributed by atoms with Crippen molar-refractivity contribution in [2.75, 3.05) is 12.8 Å². The summed E-state index contributed by atoms with van der Waals surface area (Å²) in [6.07, 6.45) is 4.70. The predicted octanol–water partition coefficient (Wildman–Crippen LogP) is 3.60. The molecule has 19 heavy (non-hydrogen) atoms. The van der Waals surface area contributed by atoms with Gasteiger partial charge in [-0.3, -0.25) is 0 Å². The second-order valence-corrected chi connectivity index (χ2v) is 5.59. The molecule has 1 N–H and O–H groups in total. The minimum absolute atomic E-state index is 0.494. The third-order valence-electron chi connectivity index (χ3n) is 2.82. The number of hydrogen-bond donors (Lipinski definition) is 1. The number of nitrogens with zero attached hydrogens (tertiary/aromatic N) is 1. The molecule has 0 amide bonds. The molecule has 0 spiro atoms. The van der Waals surface area contributed by atoms with Crippen molar-refractivity contribution in [3.05, 3.63) is 36.4 Å². The molecule has 0 aliphatic carbocycles. The summed E-state index contributed by atoms with van der Waals surface area (Å²) in [7, 11) is 0. The topological polar surface area (TPSA) is 38.1 Å². The third kappa shape index (κ3) is 4.11. The van der Waals surface area contributed by atoms with Crippen LogP contribution in [0.25, 0.3) is 11.3 Å². The Labute approximate surface area is 118 Å². The highest BCUT2D eigenvalue weighted by molar-refractivity contribution is 7.98. The molecule has 0 radical (unpaired) electrons. The molecule has 1 aromatic heterocycles. The Kier molecular flexibility index (Phi) is 5.05. The van der Waals surface area contributed by atoms with Gasteiger partial charge < -0.3 is 9.73 Å². The third-order valence-corrected chi connectivity index (χ3v) is 3.56. The summed E-state index contributed by atoms with van der Waals surface area (Å²) in [5.41, 5.74) is 1.08. The minimum atomic E-state index is 0.494. The molecule has 0 saturated carbocycles. The van der Waals surface area contributed by atoms with Crippen LogP contribution in [0.15, 0.2) is 39.8 Å². The Bertz CT molecular complexity index is 505. The first-order valence-electron chi connectivity index (χ1n) is 6.51. The fraction of sp³-hybridized carbons (Fsp3) is 0.400. The van der Waals surface area contributed by atoms with Gasteiger partial charge in [0.25, 0.3) is 0 Å². The fourth-order valence-corrected chi connectivity index (χ4v) is 2.19. The van der Waals surface area contributed by atoms with Crippen molar-refractivity contribution in [3.8, 4) is 11.3 Å². The lowest BCUT2D eigenvalue weighted by Gasteiger charge is -2.05. The lowest BCUT2D eigenvalue weighted by atomic mass is 10.2. The number of thioether (sulfide) groups is 1. The van der Waals surface area contributed by atoms with Crippen molar-refractivity contribution in [3.63, 3.8) is 0 Å². The van der Waals surface area contributed by atoms with Crippen LogP contribution in [0.2, 0.25) is 0 Å². The van der Waals surface area contributed by atoms with Crippen molar-refractivity contribution >= 4 is 11.8 Å². The minimum Gasteiger partial charge on any atom is -0.441 e. The molecule has 0 aliphatic rings. The second-order valence-electron chi connectivity index (χ2n) is 4.71. The maximum Gasteiger partial charge on any atom is 0.196 e. The first-order chi connectivity index (χ1) is 9.19. The highest BCUT2D eigenvalue weighted by atomic mass is 32.2. The zero-order valence-electron chi connectivity index (χ0n) is 11.6. The van der Waals surface area contributed by atoms with E-state index < -0.39 is 0 Å². The summed E-state index contributed by atoms with van der Waals surface area (Å²) in [6, 6.07) is 8.84. The summed E-state index contributed by atoms with van der Waals surface area (Å²) >= 11 is 1.74. The Morgan fingerprint density at radius 1 is 1.26 bits per heavy atom. The predicted molar refractivity (Wildman–Crippen MR) is 80.6 cm³/mol. The first-order valence-corrected chi connectivity index (χ1v) is 7.74. The van der Waals surface area contributed by atoms with Gasteiger partial charge in [-0.25, -0.2) is 4.98 Å². The quantitative estimate of drug-likeness (QED) is 0.818. The second kappa shape index (κ2) is 6.78. The van der Waals surface area contributed by atoms with Crippen LogP contribution in [-0.2, 0) is 6.42 Å². The van der Waals surface area contributed by atoms with E-state index in [1.165, 1.54) is 4.90 Å². The van der Waals surface area contributed by atoms with Gasteiger partial charge in [0, 0.05) is 29.5 Å². The smallest absolute Gasteiger partial charge is 0.196 e. The maximum absolute atomic E-state index is 5.77. The first kappa shape index (κ1) is 14.2. The van der Waals surface area contributed by atoms with E-state index in [2.05, 4.69) is 54.7 Å². The molecule has 2 aromatic rings. The van der Waals surface area contributed by atoms with Gasteiger partial charge in [-0.15, -0.1) is 11.8 Å². The fourth-order valence-electron chi connectivity index (χ4n) is 1.78. The Hall–Kier alpha value is -1.26. The van der Waals surface area contributed by atoms with Gasteiger partial charge in [0.05, 0.1) is 6.20 Å². The average molecular weight is 276 g/mol. The molecule has 0 atom stereocenters. The molecule has 0 fully saturated rings. The average Bonchev–Trinajstić information content (AvgIpc) is 2.87. The maximum atomic E-state index is 5.77. The van der Waals surface area contributed by atoms with E-state index in [0.29, 0.717) is 6.04 Å². The molecular weight excluding hydrogens is 256 g/mol. The summed E-state index contributed by atoms with van der Waals surface area (Å²) < 4.78 is 5.77. The van der Waals surface area contributed by atoms with E-state index in [-0.39, 0.29) is 0 Å². The van der Waals surface area contributed by atoms with Gasteiger partial charge in [0.15, 0.2) is 11.7 Å². The van der Waals surface area contributed by atoms with Crippen LogP contribution in [-0.4, -0.2) is 23.8 Å². The van der Waals surface area contributed by atoms with Gasteiger partial charge in [-0.1, -0.05) is 26.0 Å². The largest absolute Gasteiger partial charge is 0.441 e. The van der Waals surface area contributed by atoms with Crippen LogP contribution in [0.1, 0.15) is 19.7 Å². The van der Waals surface area contributed by atoms with E-state index in [9.17, 15) is 0 Å². The van der Waals surface area contributed by atoms with Crippen molar-refractivity contribution in [1.82, 2.24) is 10.3 Å². The van der Waals surface area contributed by atoms with Crippen molar-refractivity contribution in [2.24, 2.45) is 0 Å². The molecule has 0 saturated heterocycles. The number of rotatable bonds is 6. The van der Waals surface area contributed by atoms with Gasteiger partial charge in [-0.2, -0.15) is 0 Å². The highest BCUT2D eigenvalue weighted by Gasteiger charge is 2.06. The van der Waals surface area contributed by atoms with E-state index >= 15 is 0 Å². The van der Waals surface area contributed by atoms with Crippen LogP contribution < -0.4 is 5.32 Å². The van der Waals surface area contributed by atoms with Crippen LogP contribution in [0.3, 0.4) is 0 Å². The lowest BCUT2D eigenvalue weighted by molar-refractivity contribution is 0.484. The van der Waals surface area contributed by atoms with Gasteiger partial charge in [0.2, 0.25) is 0 Å². The Morgan fingerprint density at radius 3 is 2.63 bits per heavy atom. The lowest BCUT2D eigenvalue weighted by Crippen LogP contribution is -2.24. The Balaban J connectivity index is 1.99. The van der Waals surface area contributed by atoms with Crippen LogP contribution in [0.4, 0.5) is 0 Å². The van der Waals surface area contributed by atoms with Crippen molar-refractivity contribution in [2.45, 2.75) is 31.2 Å². The molecule has 0 unspecified atom stereocenters. The van der Waals surface area contributed by atoms with Gasteiger partial charge in [-0.05, 0) is 18.4 Å². The van der Waals surface area contributed by atoms with Crippen LogP contribution in [0, 0.1) is 0 Å². The molecular formula is C15H20N2OS. The van der Waals surface area contributed by atoms with Crippen LogP contribution >= 0.6 is 11.8 Å². The van der Waals surface area contributed by atoms with Gasteiger partial charge >= 0.3 is 0 Å². The standard InChI is InChI=1S/C15H20N2OS/c1-11(2)16-9-8-15-17-10-14(18-15)12-4-6-13(19-3)7-5-12/h4-7,10-11,16H,8-9H2,1-3H3. The van der Waals surface area contributed by atoms with Crippen LogP contribution in [0.5, 0.6) is 0 Å². The SMILES string of the molecule is CSc1ccc(-c2cnc(CCNC(C)C)o2)cc1. The molecule has 1 aromatic carbocycles. The molecule has 3 nitrogen and oxygen atoms in total. The highest BCUT2D eigenvalue weighted by Crippen LogP contribution is 2.23. The number of nitrogens with one attached hydrogen (secondary N) is 1. The van der Waals surface area contributed by atoms with E-state index in [0.717, 1.165) is 30.2 Å². The van der Waals surface area contributed by atoms with Crippen molar-refractivity contribution in [1.29, 1.82) is 0 Å². The zero-order chi connectivity index (χ0) is 13.7. The summed E-state index contributed by atoms with van der Waals surface area (Å²) in [4.78, 5) is 5.57. The number of aromatic nitrogens is 1. The number of oxazole rings is 1. The van der Waals surface area contributed by atoms with E-state index in [1.54, 1.807) is 18.0 Å². The summed E-state index contributed by atoms with van der Waals surface area (Å²) in [5.74, 6) is 1.63. The molecule has 2 rings (SSSR count). The Morgan fingerprint density at radius 2 is 2.00 bits per heavy atom. The molecule has 0 aliphatic heterocycles. The molecule has 102 valence electrons. The monoisotopic (exact) mass is 276 g/mol. The van der Waals surface area contributed by atoms with Gasteiger partial charge in [0.1, 0.15) is 0 Å². The molecule has 4 heteroatoms. The summed E-state index contributed by atoms with van der Waals surface area (Å²) in [5, 5.41) is 3.36. The summed E-state index contributed by atoms with van der Waals surface area (Å²) in [6.45, 7) is 5.16. The number of benzene rings is 1. The number of hydrogen-bond acceptors (Lipinski definition) is 4.